The van der Waals surface area contributed by atoms with Crippen LogP contribution in [0.15, 0.2) is 24.5 Å². The molecule has 1 amide bonds. The molecule has 1 saturated heterocycles. The molecule has 1 aliphatic heterocycles. The highest BCUT2D eigenvalue weighted by atomic mass is 16.2. The lowest BCUT2D eigenvalue weighted by atomic mass is 9.90. The van der Waals surface area contributed by atoms with Gasteiger partial charge in [0.2, 0.25) is 5.91 Å². The molecule has 0 radical (unpaired) electrons. The molecule has 0 bridgehead atoms. The topological polar surface area (TPSA) is 45.2 Å². The number of hydrogen-bond acceptors (Lipinski definition) is 3. The van der Waals surface area contributed by atoms with Gasteiger partial charge in [0.1, 0.15) is 0 Å². The minimum absolute atomic E-state index is 0.284. The summed E-state index contributed by atoms with van der Waals surface area (Å²) >= 11 is 0. The normalized spacial score (nSPS) is 22.9. The van der Waals surface area contributed by atoms with Gasteiger partial charge in [-0.1, -0.05) is 6.92 Å². The van der Waals surface area contributed by atoms with Crippen molar-refractivity contribution in [1.82, 2.24) is 15.2 Å². The predicted octanol–water partition coefficient (Wildman–Crippen LogP) is 2.64. The van der Waals surface area contributed by atoms with Gasteiger partial charge in [-0.3, -0.25) is 9.78 Å². The van der Waals surface area contributed by atoms with Crippen molar-refractivity contribution in [1.29, 1.82) is 0 Å². The van der Waals surface area contributed by atoms with Gasteiger partial charge >= 0.3 is 0 Å². The van der Waals surface area contributed by atoms with Crippen LogP contribution in [0.3, 0.4) is 0 Å². The van der Waals surface area contributed by atoms with Crippen molar-refractivity contribution in [2.45, 2.75) is 45.4 Å². The first kappa shape index (κ1) is 16.4. The SMILES string of the molecule is CCCN1CCC2(CC1)C[C@H]2C(=O)NCCCc1ccncc1. The smallest absolute Gasteiger partial charge is 0.223 e. The number of carbonyl (C=O) groups excluding carboxylic acids is 1. The van der Waals surface area contributed by atoms with Crippen molar-refractivity contribution < 1.29 is 4.79 Å². The van der Waals surface area contributed by atoms with Crippen molar-refractivity contribution in [3.63, 3.8) is 0 Å². The van der Waals surface area contributed by atoms with Gasteiger partial charge in [0.15, 0.2) is 0 Å². The Balaban J connectivity index is 1.34. The highest BCUT2D eigenvalue weighted by Crippen LogP contribution is 2.59. The molecule has 1 N–H and O–H groups in total. The summed E-state index contributed by atoms with van der Waals surface area (Å²) in [6.45, 7) is 6.60. The van der Waals surface area contributed by atoms with Crippen molar-refractivity contribution >= 4 is 5.91 Å². The molecule has 1 atom stereocenters. The fourth-order valence-corrected chi connectivity index (χ4v) is 3.99. The first-order valence-electron chi connectivity index (χ1n) is 9.12. The summed E-state index contributed by atoms with van der Waals surface area (Å²) in [6, 6.07) is 4.09. The molecule has 4 heteroatoms. The highest BCUT2D eigenvalue weighted by molar-refractivity contribution is 5.82. The molecule has 2 aliphatic rings. The second-order valence-corrected chi connectivity index (χ2v) is 7.21. The van der Waals surface area contributed by atoms with Crippen molar-refractivity contribution in [2.75, 3.05) is 26.2 Å². The molecule has 2 fully saturated rings. The second-order valence-electron chi connectivity index (χ2n) is 7.21. The maximum absolute atomic E-state index is 12.4. The maximum Gasteiger partial charge on any atom is 0.223 e. The molecule has 1 aromatic rings. The minimum atomic E-state index is 0.284. The number of piperidine rings is 1. The Labute approximate surface area is 139 Å². The quantitative estimate of drug-likeness (QED) is 0.787. The van der Waals surface area contributed by atoms with E-state index in [1.807, 2.05) is 24.5 Å². The third kappa shape index (κ3) is 4.11. The van der Waals surface area contributed by atoms with Crippen LogP contribution >= 0.6 is 0 Å². The van der Waals surface area contributed by atoms with E-state index in [2.05, 4.69) is 22.1 Å². The summed E-state index contributed by atoms with van der Waals surface area (Å²) in [7, 11) is 0. The van der Waals surface area contributed by atoms with E-state index in [0.717, 1.165) is 25.8 Å². The van der Waals surface area contributed by atoms with Gasteiger partial charge in [0, 0.05) is 24.9 Å². The van der Waals surface area contributed by atoms with E-state index in [4.69, 9.17) is 0 Å². The number of hydrogen-bond donors (Lipinski definition) is 1. The van der Waals surface area contributed by atoms with Crippen molar-refractivity contribution in [3.05, 3.63) is 30.1 Å². The molecule has 126 valence electrons. The van der Waals surface area contributed by atoms with Crippen molar-refractivity contribution in [2.24, 2.45) is 11.3 Å². The molecule has 4 nitrogen and oxygen atoms in total. The number of aromatic nitrogens is 1. The van der Waals surface area contributed by atoms with Gasteiger partial charge in [0.05, 0.1) is 0 Å². The van der Waals surface area contributed by atoms with E-state index in [-0.39, 0.29) is 5.92 Å². The lowest BCUT2D eigenvalue weighted by molar-refractivity contribution is -0.123. The third-order valence-electron chi connectivity index (χ3n) is 5.59. The Hall–Kier alpha value is -1.42. The summed E-state index contributed by atoms with van der Waals surface area (Å²) in [5, 5.41) is 3.15. The molecule has 2 heterocycles. The Morgan fingerprint density at radius 3 is 2.78 bits per heavy atom. The molecule has 1 saturated carbocycles. The molecular weight excluding hydrogens is 286 g/mol. The minimum Gasteiger partial charge on any atom is -0.356 e. The van der Waals surface area contributed by atoms with E-state index in [1.165, 1.54) is 44.5 Å². The molecule has 23 heavy (non-hydrogen) atoms. The fourth-order valence-electron chi connectivity index (χ4n) is 3.99. The first-order chi connectivity index (χ1) is 11.2. The van der Waals surface area contributed by atoms with Gasteiger partial charge in [-0.25, -0.2) is 0 Å². The summed E-state index contributed by atoms with van der Waals surface area (Å²) in [5.74, 6) is 0.580. The van der Waals surface area contributed by atoms with Gasteiger partial charge in [0.25, 0.3) is 0 Å². The predicted molar refractivity (Wildman–Crippen MR) is 92.1 cm³/mol. The number of nitrogens with zero attached hydrogens (tertiary/aromatic N) is 2. The van der Waals surface area contributed by atoms with Gasteiger partial charge in [-0.05, 0) is 81.3 Å². The summed E-state index contributed by atoms with van der Waals surface area (Å²) < 4.78 is 0. The van der Waals surface area contributed by atoms with Crippen LogP contribution < -0.4 is 5.32 Å². The lowest BCUT2D eigenvalue weighted by Crippen LogP contribution is -2.37. The number of nitrogens with one attached hydrogen (secondary N) is 1. The molecule has 0 unspecified atom stereocenters. The lowest BCUT2D eigenvalue weighted by Gasteiger charge is -2.32. The van der Waals surface area contributed by atoms with Crippen LogP contribution in [0.5, 0.6) is 0 Å². The van der Waals surface area contributed by atoms with E-state index in [9.17, 15) is 4.79 Å². The van der Waals surface area contributed by atoms with Crippen molar-refractivity contribution in [3.8, 4) is 0 Å². The van der Waals surface area contributed by atoms with Gasteiger partial charge in [-0.2, -0.15) is 0 Å². The van der Waals surface area contributed by atoms with E-state index < -0.39 is 0 Å². The number of pyridine rings is 1. The second kappa shape index (κ2) is 7.43. The zero-order valence-corrected chi connectivity index (χ0v) is 14.3. The molecule has 0 aromatic carbocycles. The van der Waals surface area contributed by atoms with Crippen LogP contribution in [0, 0.1) is 11.3 Å². The first-order valence-corrected chi connectivity index (χ1v) is 9.12. The highest BCUT2D eigenvalue weighted by Gasteiger charge is 2.58. The van der Waals surface area contributed by atoms with E-state index >= 15 is 0 Å². The summed E-state index contributed by atoms with van der Waals surface area (Å²) in [6.07, 6.45) is 10.4. The summed E-state index contributed by atoms with van der Waals surface area (Å²) in [4.78, 5) is 18.9. The van der Waals surface area contributed by atoms with Crippen LogP contribution in [0.25, 0.3) is 0 Å². The number of aryl methyl sites for hydroxylation is 1. The number of amides is 1. The van der Waals surface area contributed by atoms with Crippen LogP contribution in [0.4, 0.5) is 0 Å². The van der Waals surface area contributed by atoms with E-state index in [0.29, 0.717) is 11.3 Å². The number of likely N-dealkylation sites (tertiary alicyclic amines) is 1. The molecule has 3 rings (SSSR count). The molecule has 1 aromatic heterocycles. The fraction of sp³-hybridized carbons (Fsp3) is 0.684. The zero-order valence-electron chi connectivity index (χ0n) is 14.3. The van der Waals surface area contributed by atoms with Gasteiger partial charge in [-0.15, -0.1) is 0 Å². The number of rotatable bonds is 7. The van der Waals surface area contributed by atoms with Crippen LogP contribution in [0.2, 0.25) is 0 Å². The Morgan fingerprint density at radius 1 is 1.35 bits per heavy atom. The average molecular weight is 315 g/mol. The summed E-state index contributed by atoms with van der Waals surface area (Å²) in [5.41, 5.74) is 1.64. The third-order valence-corrected chi connectivity index (χ3v) is 5.59. The van der Waals surface area contributed by atoms with Gasteiger partial charge < -0.3 is 10.2 Å². The average Bonchev–Trinajstić information content (AvgIpc) is 3.29. The Morgan fingerprint density at radius 2 is 2.09 bits per heavy atom. The zero-order chi connectivity index (χ0) is 16.1. The standard InChI is InChI=1S/C19H29N3O/c1-2-12-22-13-7-19(8-14-22)15-17(19)18(23)21-9-3-4-16-5-10-20-11-6-16/h5-6,10-11,17H,2-4,7-9,12-15H2,1H3,(H,21,23)/t17-/m0/s1. The molecule has 1 aliphatic carbocycles. The Bertz CT molecular complexity index is 509. The monoisotopic (exact) mass is 315 g/mol. The Kier molecular flexibility index (Phi) is 5.31. The van der Waals surface area contributed by atoms with Crippen LogP contribution in [-0.4, -0.2) is 42.0 Å². The van der Waals surface area contributed by atoms with Crippen LogP contribution in [0.1, 0.15) is 44.6 Å². The maximum atomic E-state index is 12.4. The molecule has 1 spiro atoms. The number of carbonyl (C=O) groups is 1. The van der Waals surface area contributed by atoms with E-state index in [1.54, 1.807) is 0 Å². The largest absolute Gasteiger partial charge is 0.356 e. The van der Waals surface area contributed by atoms with Crippen LogP contribution in [-0.2, 0) is 11.2 Å². The molecular formula is C19H29N3O.